The van der Waals surface area contributed by atoms with Crippen molar-refractivity contribution in [3.8, 4) is 11.1 Å². The van der Waals surface area contributed by atoms with Crippen LogP contribution in [0, 0.1) is 0 Å². The number of hydrazine groups is 1. The lowest BCUT2D eigenvalue weighted by molar-refractivity contribution is 0.0924. The van der Waals surface area contributed by atoms with Crippen LogP contribution in [0.4, 0.5) is 0 Å². The van der Waals surface area contributed by atoms with E-state index in [1.165, 1.54) is 11.1 Å². The second-order valence-corrected chi connectivity index (χ2v) is 6.60. The second-order valence-electron chi connectivity index (χ2n) is 6.60. The van der Waals surface area contributed by atoms with Crippen LogP contribution in [-0.4, -0.2) is 10.9 Å². The van der Waals surface area contributed by atoms with Crippen LogP contribution in [0.1, 0.15) is 27.7 Å². The Morgan fingerprint density at radius 2 is 1.37 bits per heavy atom. The largest absolute Gasteiger partial charge is 0.285 e. The standard InChI is InChI=1S/C23H17N3O/c27-23(21-14-13-15-7-1-6-12-20(15)24-21)26-25-22-18-10-4-2-8-16(18)17-9-3-5-11-19(17)22/h1-14,22,25H,(H,26,27). The van der Waals surface area contributed by atoms with Crippen molar-refractivity contribution in [2.75, 3.05) is 0 Å². The molecule has 0 atom stereocenters. The number of rotatable bonds is 3. The Morgan fingerprint density at radius 1 is 0.741 bits per heavy atom. The summed E-state index contributed by atoms with van der Waals surface area (Å²) in [5.74, 6) is -0.248. The molecule has 2 N–H and O–H groups in total. The highest BCUT2D eigenvalue weighted by Gasteiger charge is 2.28. The Labute approximate surface area is 156 Å². The lowest BCUT2D eigenvalue weighted by Gasteiger charge is -2.16. The highest BCUT2D eigenvalue weighted by atomic mass is 16.2. The first-order chi connectivity index (χ1) is 13.3. The Kier molecular flexibility index (Phi) is 3.69. The zero-order chi connectivity index (χ0) is 18.2. The van der Waals surface area contributed by atoms with Gasteiger partial charge in [-0.15, -0.1) is 0 Å². The summed E-state index contributed by atoms with van der Waals surface area (Å²) < 4.78 is 0. The number of carbonyl (C=O) groups excluding carboxylic acids is 1. The number of carbonyl (C=O) groups is 1. The molecule has 130 valence electrons. The second kappa shape index (κ2) is 6.34. The maximum absolute atomic E-state index is 12.6. The molecular formula is C23H17N3O. The molecule has 3 aromatic carbocycles. The average Bonchev–Trinajstić information content (AvgIpc) is 3.05. The predicted octanol–water partition coefficient (Wildman–Crippen LogP) is 4.24. The van der Waals surface area contributed by atoms with Crippen LogP contribution < -0.4 is 10.9 Å². The molecule has 4 nitrogen and oxygen atoms in total. The fourth-order valence-electron chi connectivity index (χ4n) is 3.71. The van der Waals surface area contributed by atoms with E-state index in [2.05, 4.69) is 40.1 Å². The zero-order valence-corrected chi connectivity index (χ0v) is 14.5. The first-order valence-corrected chi connectivity index (χ1v) is 8.91. The van der Waals surface area contributed by atoms with Gasteiger partial charge in [0.1, 0.15) is 5.69 Å². The number of hydrogen-bond acceptors (Lipinski definition) is 3. The fraction of sp³-hybridized carbons (Fsp3) is 0.0435. The van der Waals surface area contributed by atoms with Crippen molar-refractivity contribution in [2.45, 2.75) is 6.04 Å². The van der Waals surface area contributed by atoms with E-state index in [4.69, 9.17) is 0 Å². The van der Waals surface area contributed by atoms with Gasteiger partial charge in [0.15, 0.2) is 0 Å². The van der Waals surface area contributed by atoms with Gasteiger partial charge in [-0.05, 0) is 34.4 Å². The topological polar surface area (TPSA) is 54.0 Å². The summed E-state index contributed by atoms with van der Waals surface area (Å²) in [6.07, 6.45) is 0. The summed E-state index contributed by atoms with van der Waals surface area (Å²) in [6, 6.07) is 27.9. The molecule has 0 aliphatic heterocycles. The van der Waals surface area contributed by atoms with E-state index < -0.39 is 0 Å². The number of fused-ring (bicyclic) bond motifs is 4. The number of hydrogen-bond donors (Lipinski definition) is 2. The van der Waals surface area contributed by atoms with E-state index in [0.29, 0.717) is 5.69 Å². The highest BCUT2D eigenvalue weighted by Crippen LogP contribution is 2.42. The number of para-hydroxylation sites is 1. The van der Waals surface area contributed by atoms with Crippen LogP contribution in [0.15, 0.2) is 84.9 Å². The Bertz CT molecular complexity index is 1120. The van der Waals surface area contributed by atoms with Gasteiger partial charge in [0, 0.05) is 5.39 Å². The van der Waals surface area contributed by atoms with Crippen molar-refractivity contribution < 1.29 is 4.79 Å². The van der Waals surface area contributed by atoms with Crippen molar-refractivity contribution in [3.63, 3.8) is 0 Å². The Hall–Kier alpha value is -3.50. The Balaban J connectivity index is 1.41. The van der Waals surface area contributed by atoms with Crippen LogP contribution in [-0.2, 0) is 0 Å². The molecule has 4 aromatic rings. The quantitative estimate of drug-likeness (QED) is 0.543. The summed E-state index contributed by atoms with van der Waals surface area (Å²) in [5, 5.41) is 1.01. The summed E-state index contributed by atoms with van der Waals surface area (Å²) in [7, 11) is 0. The number of benzene rings is 3. The van der Waals surface area contributed by atoms with Crippen LogP contribution in [0.3, 0.4) is 0 Å². The van der Waals surface area contributed by atoms with Crippen molar-refractivity contribution in [2.24, 2.45) is 0 Å². The molecule has 0 saturated heterocycles. The molecule has 0 fully saturated rings. The molecule has 1 aliphatic rings. The van der Waals surface area contributed by atoms with Crippen LogP contribution >= 0.6 is 0 Å². The minimum Gasteiger partial charge on any atom is -0.285 e. The van der Waals surface area contributed by atoms with Gasteiger partial charge in [-0.3, -0.25) is 10.2 Å². The van der Waals surface area contributed by atoms with E-state index in [1.807, 2.05) is 54.6 Å². The predicted molar refractivity (Wildman–Crippen MR) is 106 cm³/mol. The molecule has 4 heteroatoms. The number of amides is 1. The molecule has 0 bridgehead atoms. The summed E-state index contributed by atoms with van der Waals surface area (Å²) >= 11 is 0. The van der Waals surface area contributed by atoms with E-state index in [1.54, 1.807) is 6.07 Å². The van der Waals surface area contributed by atoms with E-state index >= 15 is 0 Å². The van der Waals surface area contributed by atoms with Gasteiger partial charge in [0.05, 0.1) is 11.6 Å². The van der Waals surface area contributed by atoms with Crippen molar-refractivity contribution in [3.05, 3.63) is 102 Å². The molecule has 5 rings (SSSR count). The number of nitrogens with one attached hydrogen (secondary N) is 2. The van der Waals surface area contributed by atoms with Crippen LogP contribution in [0.5, 0.6) is 0 Å². The summed E-state index contributed by atoms with van der Waals surface area (Å²) in [5.41, 5.74) is 11.9. The third-order valence-corrected chi connectivity index (χ3v) is 4.99. The average molecular weight is 351 g/mol. The summed E-state index contributed by atoms with van der Waals surface area (Å²) in [4.78, 5) is 17.1. The lowest BCUT2D eigenvalue weighted by atomic mass is 10.1. The van der Waals surface area contributed by atoms with Gasteiger partial charge >= 0.3 is 0 Å². The van der Waals surface area contributed by atoms with Gasteiger partial charge in [-0.1, -0.05) is 72.8 Å². The molecule has 1 aliphatic carbocycles. The third kappa shape index (κ3) is 2.67. The van der Waals surface area contributed by atoms with Gasteiger partial charge in [0.25, 0.3) is 5.91 Å². The molecule has 27 heavy (non-hydrogen) atoms. The smallest absolute Gasteiger partial charge is 0.284 e. The van der Waals surface area contributed by atoms with Crippen molar-refractivity contribution >= 4 is 16.8 Å². The molecule has 1 heterocycles. The van der Waals surface area contributed by atoms with Gasteiger partial charge in [-0.25, -0.2) is 10.4 Å². The minimum atomic E-state index is -0.248. The molecule has 1 aromatic heterocycles. The minimum absolute atomic E-state index is 0.0817. The molecule has 0 spiro atoms. The number of nitrogens with zero attached hydrogens (tertiary/aromatic N) is 1. The first kappa shape index (κ1) is 15.7. The van der Waals surface area contributed by atoms with Gasteiger partial charge in [-0.2, -0.15) is 0 Å². The summed E-state index contributed by atoms with van der Waals surface area (Å²) in [6.45, 7) is 0. The molecule has 0 radical (unpaired) electrons. The van der Waals surface area contributed by atoms with E-state index in [-0.39, 0.29) is 11.9 Å². The van der Waals surface area contributed by atoms with Crippen molar-refractivity contribution in [1.29, 1.82) is 0 Å². The van der Waals surface area contributed by atoms with E-state index in [0.717, 1.165) is 22.0 Å². The normalized spacial score (nSPS) is 12.6. The lowest BCUT2D eigenvalue weighted by Crippen LogP contribution is -2.40. The monoisotopic (exact) mass is 351 g/mol. The molecule has 0 saturated carbocycles. The van der Waals surface area contributed by atoms with Gasteiger partial charge in [0.2, 0.25) is 0 Å². The van der Waals surface area contributed by atoms with Crippen LogP contribution in [0.2, 0.25) is 0 Å². The Morgan fingerprint density at radius 3 is 2.11 bits per heavy atom. The molecule has 1 amide bonds. The highest BCUT2D eigenvalue weighted by molar-refractivity contribution is 5.94. The molecular weight excluding hydrogens is 334 g/mol. The molecule has 0 unspecified atom stereocenters. The maximum Gasteiger partial charge on any atom is 0.284 e. The van der Waals surface area contributed by atoms with Crippen molar-refractivity contribution in [1.82, 2.24) is 15.8 Å². The maximum atomic E-state index is 12.6. The SMILES string of the molecule is O=C(NNC1c2ccccc2-c2ccccc21)c1ccc2ccccc2n1. The van der Waals surface area contributed by atoms with E-state index in [9.17, 15) is 4.79 Å². The van der Waals surface area contributed by atoms with Gasteiger partial charge < -0.3 is 0 Å². The number of pyridine rings is 1. The number of aromatic nitrogens is 1. The third-order valence-electron chi connectivity index (χ3n) is 4.99. The first-order valence-electron chi connectivity index (χ1n) is 8.91. The fourth-order valence-corrected chi connectivity index (χ4v) is 3.71. The van der Waals surface area contributed by atoms with Crippen LogP contribution in [0.25, 0.3) is 22.0 Å². The zero-order valence-electron chi connectivity index (χ0n) is 14.5.